The van der Waals surface area contributed by atoms with E-state index in [1.54, 1.807) is 0 Å². The molecular weight excluding hydrogens is 641 g/mol. The van der Waals surface area contributed by atoms with Crippen LogP contribution in [0.5, 0.6) is 0 Å². The Morgan fingerprint density at radius 1 is 0.491 bits per heavy atom. The topological polar surface area (TPSA) is 24.7 Å². The number of aryl methyl sites for hydroxylation is 3. The summed E-state index contributed by atoms with van der Waals surface area (Å²) >= 11 is 0. The van der Waals surface area contributed by atoms with Gasteiger partial charge in [-0.05, 0) is 98.8 Å². The van der Waals surface area contributed by atoms with Gasteiger partial charge in [-0.2, -0.15) is 0 Å². The van der Waals surface area contributed by atoms with Gasteiger partial charge in [0.25, 0.3) is 0 Å². The summed E-state index contributed by atoms with van der Waals surface area (Å²) in [6.45, 7) is 11.3. The van der Waals surface area contributed by atoms with Crippen molar-refractivity contribution in [1.82, 2.24) is 0 Å². The van der Waals surface area contributed by atoms with Crippen molar-refractivity contribution in [2.24, 2.45) is 9.98 Å². The van der Waals surface area contributed by atoms with Crippen molar-refractivity contribution in [3.63, 3.8) is 0 Å². The van der Waals surface area contributed by atoms with E-state index in [1.165, 1.54) is 132 Å². The first kappa shape index (κ1) is 46.4. The Labute approximate surface area is 329 Å². The van der Waals surface area contributed by atoms with Crippen LogP contribution < -0.4 is 0 Å². The first-order valence-electron chi connectivity index (χ1n) is 22.8. The van der Waals surface area contributed by atoms with Crippen molar-refractivity contribution in [2.75, 3.05) is 0 Å². The molecule has 0 radical (unpaired) electrons. The molecule has 2 aromatic carbocycles. The first-order chi connectivity index (χ1) is 26.1. The van der Waals surface area contributed by atoms with Crippen LogP contribution in [0, 0.1) is 0 Å². The zero-order valence-corrected chi connectivity index (χ0v) is 35.5. The Bertz CT molecular complexity index is 1270. The van der Waals surface area contributed by atoms with Crippen LogP contribution in [0.15, 0.2) is 76.8 Å². The van der Waals surface area contributed by atoms with E-state index in [0.717, 1.165) is 87.0 Å². The Kier molecular flexibility index (Phi) is 28.6. The summed E-state index contributed by atoms with van der Waals surface area (Å²) in [6.07, 6.45) is 45.5. The fourth-order valence-corrected chi connectivity index (χ4v) is 7.27. The highest BCUT2D eigenvalue weighted by Gasteiger charge is 2.11. The van der Waals surface area contributed by atoms with Crippen LogP contribution in [0.2, 0.25) is 0 Å². The molecule has 0 atom stereocenters. The molecule has 296 valence electrons. The van der Waals surface area contributed by atoms with Gasteiger partial charge in [-0.15, -0.1) is 0 Å². The van der Waals surface area contributed by atoms with Crippen LogP contribution >= 0.6 is 0 Å². The van der Waals surface area contributed by atoms with Crippen LogP contribution in [0.3, 0.4) is 0 Å². The quantitative estimate of drug-likeness (QED) is 0.0398. The molecule has 0 aliphatic carbocycles. The predicted octanol–water partition coefficient (Wildman–Crippen LogP) is 17.1. The Balaban J connectivity index is 1.84. The van der Waals surface area contributed by atoms with Crippen LogP contribution in [-0.4, -0.2) is 11.4 Å². The van der Waals surface area contributed by atoms with Gasteiger partial charge in [0, 0.05) is 0 Å². The number of rotatable bonds is 33. The molecule has 0 amide bonds. The van der Waals surface area contributed by atoms with E-state index < -0.39 is 0 Å². The Morgan fingerprint density at radius 3 is 1.57 bits per heavy atom. The fourth-order valence-electron chi connectivity index (χ4n) is 7.27. The van der Waals surface area contributed by atoms with E-state index >= 15 is 0 Å². The third-order valence-electron chi connectivity index (χ3n) is 10.4. The molecule has 0 unspecified atom stereocenters. The van der Waals surface area contributed by atoms with Crippen LogP contribution in [0.25, 0.3) is 0 Å². The van der Waals surface area contributed by atoms with Gasteiger partial charge in [0.15, 0.2) is 0 Å². The molecule has 0 bridgehead atoms. The SMILES string of the molecule is CCC=CC(=Nc1ccccc1CCC=CCCCCCCCCCCCCCCCCCCC)C(CCCC)=Nc1cc(CCC)cc(CCC)c1. The first-order valence-corrected chi connectivity index (χ1v) is 22.8. The molecule has 2 rings (SSSR count). The molecule has 2 heteroatoms. The molecule has 0 aliphatic heterocycles. The highest BCUT2D eigenvalue weighted by molar-refractivity contribution is 6.47. The summed E-state index contributed by atoms with van der Waals surface area (Å²) in [7, 11) is 0. The maximum atomic E-state index is 5.34. The number of hydrogen-bond acceptors (Lipinski definition) is 2. The molecular formula is C51H82N2. The average Bonchev–Trinajstić information content (AvgIpc) is 3.16. The molecule has 2 aromatic rings. The van der Waals surface area contributed by atoms with Crippen LogP contribution in [0.4, 0.5) is 11.4 Å². The molecule has 0 aromatic heterocycles. The maximum Gasteiger partial charge on any atom is 0.0848 e. The summed E-state index contributed by atoms with van der Waals surface area (Å²) in [6, 6.07) is 15.7. The zero-order chi connectivity index (χ0) is 38.0. The summed E-state index contributed by atoms with van der Waals surface area (Å²) in [5, 5.41) is 0. The van der Waals surface area contributed by atoms with Crippen LogP contribution in [0.1, 0.15) is 212 Å². The number of hydrogen-bond donors (Lipinski definition) is 0. The molecule has 0 N–H and O–H groups in total. The minimum atomic E-state index is 0.939. The van der Waals surface area contributed by atoms with Gasteiger partial charge in [-0.1, -0.05) is 199 Å². The lowest BCUT2D eigenvalue weighted by Crippen LogP contribution is -2.12. The van der Waals surface area contributed by atoms with E-state index in [1.807, 2.05) is 0 Å². The van der Waals surface area contributed by atoms with Crippen LogP contribution in [-0.2, 0) is 19.3 Å². The molecule has 0 aliphatic rings. The third-order valence-corrected chi connectivity index (χ3v) is 10.4. The fraction of sp³-hybridized carbons (Fsp3) is 0.647. The second-order valence-corrected chi connectivity index (χ2v) is 15.6. The molecule has 0 heterocycles. The van der Waals surface area contributed by atoms with Gasteiger partial charge in [0.2, 0.25) is 0 Å². The number of para-hydroxylation sites is 1. The number of unbranched alkanes of at least 4 members (excludes halogenated alkanes) is 18. The predicted molar refractivity (Wildman–Crippen MR) is 240 cm³/mol. The van der Waals surface area contributed by atoms with Crippen molar-refractivity contribution < 1.29 is 0 Å². The van der Waals surface area contributed by atoms with Crippen molar-refractivity contribution in [1.29, 1.82) is 0 Å². The molecule has 53 heavy (non-hydrogen) atoms. The zero-order valence-electron chi connectivity index (χ0n) is 35.5. The van der Waals surface area contributed by atoms with Gasteiger partial charge < -0.3 is 0 Å². The van der Waals surface area contributed by atoms with Gasteiger partial charge in [0.1, 0.15) is 0 Å². The maximum absolute atomic E-state index is 5.34. The van der Waals surface area contributed by atoms with Gasteiger partial charge in [-0.3, -0.25) is 4.99 Å². The standard InChI is InChI=1S/C51H82N2/c1-6-11-14-15-16-17-18-19-20-21-22-23-24-25-26-27-28-29-30-31-32-37-47-38-33-34-41-49(47)53-51(40-13-8-3)50(39-12-7-2)52-48-43-45(35-9-4)42-46(44-48)36-10-5/h13,30-31,33-34,38,40-44H,6-12,14-29,32,35-37,39H2,1-5H3. The Morgan fingerprint density at radius 2 is 1.02 bits per heavy atom. The van der Waals surface area contributed by atoms with E-state index in [0.29, 0.717) is 0 Å². The number of nitrogens with zero attached hydrogens (tertiary/aromatic N) is 2. The average molecular weight is 723 g/mol. The largest absolute Gasteiger partial charge is 0.251 e. The minimum absolute atomic E-state index is 0.939. The third kappa shape index (κ3) is 22.9. The molecule has 0 saturated carbocycles. The molecule has 0 fully saturated rings. The normalized spacial score (nSPS) is 12.5. The number of benzene rings is 2. The summed E-state index contributed by atoms with van der Waals surface area (Å²) in [4.78, 5) is 10.7. The van der Waals surface area contributed by atoms with Gasteiger partial charge >= 0.3 is 0 Å². The van der Waals surface area contributed by atoms with E-state index in [4.69, 9.17) is 9.98 Å². The molecule has 0 saturated heterocycles. The number of allylic oxidation sites excluding steroid dienone is 4. The molecule has 2 nitrogen and oxygen atoms in total. The summed E-state index contributed by atoms with van der Waals surface area (Å²) < 4.78 is 0. The van der Waals surface area contributed by atoms with Crippen molar-refractivity contribution in [3.8, 4) is 0 Å². The second kappa shape index (κ2) is 32.7. The lowest BCUT2D eigenvalue weighted by Gasteiger charge is -2.12. The second-order valence-electron chi connectivity index (χ2n) is 15.6. The highest BCUT2D eigenvalue weighted by atomic mass is 14.8. The van der Waals surface area contributed by atoms with E-state index in [2.05, 4.69) is 101 Å². The lowest BCUT2D eigenvalue weighted by molar-refractivity contribution is 0.527. The van der Waals surface area contributed by atoms with Crippen molar-refractivity contribution in [2.45, 2.75) is 214 Å². The summed E-state index contributed by atoms with van der Waals surface area (Å²) in [5.41, 5.74) is 8.41. The van der Waals surface area contributed by atoms with E-state index in [9.17, 15) is 0 Å². The van der Waals surface area contributed by atoms with Gasteiger partial charge in [-0.25, -0.2) is 4.99 Å². The van der Waals surface area contributed by atoms with Gasteiger partial charge in [0.05, 0.1) is 22.8 Å². The minimum Gasteiger partial charge on any atom is -0.251 e. The summed E-state index contributed by atoms with van der Waals surface area (Å²) in [5.74, 6) is 0. The smallest absolute Gasteiger partial charge is 0.0848 e. The Hall–Kier alpha value is -2.74. The van der Waals surface area contributed by atoms with Crippen molar-refractivity contribution >= 4 is 22.8 Å². The molecule has 0 spiro atoms. The highest BCUT2D eigenvalue weighted by Crippen LogP contribution is 2.25. The monoisotopic (exact) mass is 723 g/mol. The van der Waals surface area contributed by atoms with Crippen molar-refractivity contribution in [3.05, 3.63) is 83.5 Å². The number of aliphatic imine (C=N–C) groups is 2. The lowest BCUT2D eigenvalue weighted by atomic mass is 10.0. The van der Waals surface area contributed by atoms with E-state index in [-0.39, 0.29) is 0 Å².